The first-order chi connectivity index (χ1) is 7.97. The highest BCUT2D eigenvalue weighted by Crippen LogP contribution is 2.26. The van der Waals surface area contributed by atoms with Gasteiger partial charge in [0.25, 0.3) is 0 Å². The van der Waals surface area contributed by atoms with Gasteiger partial charge in [-0.05, 0) is 12.1 Å². The first kappa shape index (κ1) is 14.0. The average Bonchev–Trinajstić information content (AvgIpc) is 2.28. The van der Waals surface area contributed by atoms with E-state index in [-0.39, 0.29) is 5.91 Å². The van der Waals surface area contributed by atoms with Crippen molar-refractivity contribution < 1.29 is 4.79 Å². The molecule has 1 amide bonds. The molecule has 0 radical (unpaired) electrons. The van der Waals surface area contributed by atoms with Crippen molar-refractivity contribution in [1.82, 2.24) is 4.90 Å². The summed E-state index contributed by atoms with van der Waals surface area (Å²) in [7, 11) is 5.39. The zero-order valence-electron chi connectivity index (χ0n) is 10.4. The predicted molar refractivity (Wildman–Crippen MR) is 74.0 cm³/mol. The van der Waals surface area contributed by atoms with Crippen LogP contribution >= 0.6 is 15.9 Å². The van der Waals surface area contributed by atoms with Crippen molar-refractivity contribution in [2.24, 2.45) is 5.73 Å². The monoisotopic (exact) mass is 299 g/mol. The summed E-state index contributed by atoms with van der Waals surface area (Å²) in [6.07, 6.45) is 0. The van der Waals surface area contributed by atoms with Crippen molar-refractivity contribution >= 4 is 27.5 Å². The average molecular weight is 300 g/mol. The Morgan fingerprint density at radius 2 is 2.00 bits per heavy atom. The number of rotatable bonds is 4. The van der Waals surface area contributed by atoms with Crippen LogP contribution in [0, 0.1) is 0 Å². The summed E-state index contributed by atoms with van der Waals surface area (Å²) in [5.74, 6) is 0.0652. The van der Waals surface area contributed by atoms with E-state index >= 15 is 0 Å². The second-order valence-electron chi connectivity index (χ2n) is 4.09. The van der Waals surface area contributed by atoms with E-state index in [1.54, 1.807) is 19.0 Å². The van der Waals surface area contributed by atoms with Gasteiger partial charge in [0.1, 0.15) is 0 Å². The molecule has 0 bridgehead atoms. The van der Waals surface area contributed by atoms with E-state index in [9.17, 15) is 4.79 Å². The zero-order valence-corrected chi connectivity index (χ0v) is 12.0. The van der Waals surface area contributed by atoms with Crippen molar-refractivity contribution in [3.05, 3.63) is 28.2 Å². The standard InChI is InChI=1S/C12H18BrN3O/c1-15(2)12(17)8-16(3)11-6-4-5-10(13)9(11)7-14/h4-6H,7-8,14H2,1-3H3. The van der Waals surface area contributed by atoms with Crippen LogP contribution in [0.25, 0.3) is 0 Å². The van der Waals surface area contributed by atoms with Crippen molar-refractivity contribution in [2.45, 2.75) is 6.54 Å². The minimum absolute atomic E-state index is 0.0652. The number of carbonyl (C=O) groups excluding carboxylic acids is 1. The van der Waals surface area contributed by atoms with E-state index in [1.165, 1.54) is 0 Å². The molecule has 17 heavy (non-hydrogen) atoms. The maximum Gasteiger partial charge on any atom is 0.241 e. The molecule has 5 heteroatoms. The first-order valence-corrected chi connectivity index (χ1v) is 6.15. The third-order valence-corrected chi connectivity index (χ3v) is 3.32. The van der Waals surface area contributed by atoms with E-state index in [1.807, 2.05) is 30.1 Å². The lowest BCUT2D eigenvalue weighted by Gasteiger charge is -2.23. The van der Waals surface area contributed by atoms with Crippen LogP contribution in [0.1, 0.15) is 5.56 Å². The highest BCUT2D eigenvalue weighted by atomic mass is 79.9. The minimum atomic E-state index is 0.0652. The second kappa shape index (κ2) is 6.02. The molecular weight excluding hydrogens is 282 g/mol. The molecule has 0 aliphatic heterocycles. The number of halogens is 1. The van der Waals surface area contributed by atoms with Crippen molar-refractivity contribution in [3.63, 3.8) is 0 Å². The molecule has 4 nitrogen and oxygen atoms in total. The number of nitrogens with zero attached hydrogens (tertiary/aromatic N) is 2. The predicted octanol–water partition coefficient (Wildman–Crippen LogP) is 1.43. The van der Waals surface area contributed by atoms with E-state index in [0.29, 0.717) is 13.1 Å². The Hall–Kier alpha value is -1.07. The normalized spacial score (nSPS) is 10.2. The smallest absolute Gasteiger partial charge is 0.241 e. The Labute approximate surface area is 111 Å². The molecule has 0 aliphatic carbocycles. The highest BCUT2D eigenvalue weighted by molar-refractivity contribution is 9.10. The fraction of sp³-hybridized carbons (Fsp3) is 0.417. The van der Waals surface area contributed by atoms with Crippen LogP contribution in [-0.2, 0) is 11.3 Å². The van der Waals surface area contributed by atoms with Gasteiger partial charge >= 0.3 is 0 Å². The molecule has 1 aromatic rings. The largest absolute Gasteiger partial charge is 0.365 e. The SMILES string of the molecule is CN(C)C(=O)CN(C)c1cccc(Br)c1CN. The number of hydrogen-bond donors (Lipinski definition) is 1. The topological polar surface area (TPSA) is 49.6 Å². The lowest BCUT2D eigenvalue weighted by atomic mass is 10.1. The molecule has 1 aromatic carbocycles. The number of hydrogen-bond acceptors (Lipinski definition) is 3. The summed E-state index contributed by atoms with van der Waals surface area (Å²) >= 11 is 3.47. The van der Waals surface area contributed by atoms with Gasteiger partial charge in [0, 0.05) is 43.4 Å². The minimum Gasteiger partial charge on any atom is -0.365 e. The lowest BCUT2D eigenvalue weighted by molar-refractivity contribution is -0.127. The quantitative estimate of drug-likeness (QED) is 0.915. The van der Waals surface area contributed by atoms with Crippen molar-refractivity contribution in [1.29, 1.82) is 0 Å². The van der Waals surface area contributed by atoms with E-state index < -0.39 is 0 Å². The summed E-state index contributed by atoms with van der Waals surface area (Å²) in [4.78, 5) is 15.1. The molecule has 0 saturated heterocycles. The van der Waals surface area contributed by atoms with Gasteiger partial charge in [-0.3, -0.25) is 4.79 Å². The van der Waals surface area contributed by atoms with Crippen molar-refractivity contribution in [2.75, 3.05) is 32.6 Å². The fourth-order valence-corrected chi connectivity index (χ4v) is 2.05. The Morgan fingerprint density at radius 3 is 2.53 bits per heavy atom. The molecule has 0 aromatic heterocycles. The van der Waals surface area contributed by atoms with Crippen LogP contribution in [0.4, 0.5) is 5.69 Å². The van der Waals surface area contributed by atoms with E-state index in [4.69, 9.17) is 5.73 Å². The van der Waals surface area contributed by atoms with E-state index in [0.717, 1.165) is 15.7 Å². The van der Waals surface area contributed by atoms with Crippen LogP contribution in [0.5, 0.6) is 0 Å². The van der Waals surface area contributed by atoms with Crippen LogP contribution < -0.4 is 10.6 Å². The Kier molecular flexibility index (Phi) is 4.96. The fourth-order valence-electron chi connectivity index (χ4n) is 1.54. The van der Waals surface area contributed by atoms with Gasteiger partial charge in [-0.15, -0.1) is 0 Å². The molecule has 0 atom stereocenters. The maximum atomic E-state index is 11.7. The molecule has 0 unspecified atom stereocenters. The van der Waals surface area contributed by atoms with Gasteiger partial charge in [-0.1, -0.05) is 22.0 Å². The molecular formula is C12H18BrN3O. The van der Waals surface area contributed by atoms with Gasteiger partial charge in [0.05, 0.1) is 6.54 Å². The number of nitrogens with two attached hydrogens (primary N) is 1. The number of amides is 1. The Bertz CT molecular complexity index is 407. The summed E-state index contributed by atoms with van der Waals surface area (Å²) in [5.41, 5.74) is 7.73. The van der Waals surface area contributed by atoms with Crippen LogP contribution in [0.3, 0.4) is 0 Å². The Balaban J connectivity index is 2.92. The summed E-state index contributed by atoms with van der Waals surface area (Å²) in [6, 6.07) is 5.86. The molecule has 1 rings (SSSR count). The third kappa shape index (κ3) is 3.44. The molecule has 0 saturated carbocycles. The first-order valence-electron chi connectivity index (χ1n) is 5.36. The number of benzene rings is 1. The highest BCUT2D eigenvalue weighted by Gasteiger charge is 2.13. The van der Waals surface area contributed by atoms with Gasteiger partial charge in [0.15, 0.2) is 0 Å². The summed E-state index contributed by atoms with van der Waals surface area (Å²) < 4.78 is 0.974. The van der Waals surface area contributed by atoms with Gasteiger partial charge in [0.2, 0.25) is 5.91 Å². The number of carbonyl (C=O) groups is 1. The summed E-state index contributed by atoms with van der Waals surface area (Å²) in [6.45, 7) is 0.785. The molecule has 0 fully saturated rings. The number of anilines is 1. The molecule has 0 aliphatic rings. The van der Waals surface area contributed by atoms with Gasteiger partial charge in [-0.2, -0.15) is 0 Å². The molecule has 2 N–H and O–H groups in total. The molecule has 0 heterocycles. The van der Waals surface area contributed by atoms with Crippen LogP contribution in [0.15, 0.2) is 22.7 Å². The maximum absolute atomic E-state index is 11.7. The number of likely N-dealkylation sites (N-methyl/N-ethyl adjacent to an activating group) is 2. The van der Waals surface area contributed by atoms with Gasteiger partial charge in [-0.25, -0.2) is 0 Å². The van der Waals surface area contributed by atoms with Crippen molar-refractivity contribution in [3.8, 4) is 0 Å². The van der Waals surface area contributed by atoms with E-state index in [2.05, 4.69) is 15.9 Å². The molecule has 94 valence electrons. The van der Waals surface area contributed by atoms with Crippen LogP contribution in [-0.4, -0.2) is 38.5 Å². The second-order valence-corrected chi connectivity index (χ2v) is 4.94. The van der Waals surface area contributed by atoms with Crippen LogP contribution in [0.2, 0.25) is 0 Å². The zero-order chi connectivity index (χ0) is 13.0. The van der Waals surface area contributed by atoms with Gasteiger partial charge < -0.3 is 15.5 Å². The lowest BCUT2D eigenvalue weighted by Crippen LogP contribution is -2.34. The molecule has 0 spiro atoms. The summed E-state index contributed by atoms with van der Waals surface area (Å²) in [5, 5.41) is 0. The third-order valence-electron chi connectivity index (χ3n) is 2.58. The Morgan fingerprint density at radius 1 is 1.35 bits per heavy atom.